The molecule has 1 aliphatic heterocycles. The fraction of sp³-hybridized carbons (Fsp3) is 0.217. The molecule has 0 spiro atoms. The van der Waals surface area contributed by atoms with Gasteiger partial charge in [-0.25, -0.2) is 4.98 Å². The summed E-state index contributed by atoms with van der Waals surface area (Å²) in [5.41, 5.74) is 8.66. The molecule has 0 aliphatic carbocycles. The monoisotopic (exact) mass is 416 g/mol. The molecule has 2 heterocycles. The average molecular weight is 416 g/mol. The summed E-state index contributed by atoms with van der Waals surface area (Å²) in [5, 5.41) is 10.8. The van der Waals surface area contributed by atoms with E-state index in [1.165, 1.54) is 29.5 Å². The van der Waals surface area contributed by atoms with E-state index in [4.69, 9.17) is 5.73 Å². The second-order valence-electron chi connectivity index (χ2n) is 7.35. The number of aliphatic imine (C=N–C) groups is 1. The molecule has 1 aliphatic rings. The normalized spacial score (nSPS) is 15.3. The molecule has 0 atom stereocenters. The number of nitrogens with two attached hydrogens (primary N) is 1. The van der Waals surface area contributed by atoms with Gasteiger partial charge in [-0.1, -0.05) is 60.7 Å². The highest BCUT2D eigenvalue weighted by molar-refractivity contribution is 5.80. The highest BCUT2D eigenvalue weighted by atomic mass is 16.6. The third kappa shape index (κ3) is 4.87. The number of rotatable bonds is 5. The summed E-state index contributed by atoms with van der Waals surface area (Å²) >= 11 is 0. The van der Waals surface area contributed by atoms with Gasteiger partial charge in [0.05, 0.1) is 11.0 Å². The Morgan fingerprint density at radius 2 is 1.52 bits per heavy atom. The van der Waals surface area contributed by atoms with Crippen molar-refractivity contribution in [3.05, 3.63) is 100 Å². The van der Waals surface area contributed by atoms with Crippen LogP contribution in [0.5, 0.6) is 0 Å². The molecule has 3 aromatic rings. The molecule has 0 bridgehead atoms. The molecule has 0 radical (unpaired) electrons. The number of benzene rings is 2. The summed E-state index contributed by atoms with van der Waals surface area (Å²) < 4.78 is 0. The van der Waals surface area contributed by atoms with Crippen molar-refractivity contribution in [1.82, 2.24) is 14.8 Å². The van der Waals surface area contributed by atoms with Crippen LogP contribution in [0.3, 0.4) is 0 Å². The van der Waals surface area contributed by atoms with E-state index in [1.807, 2.05) is 17.0 Å². The molecule has 8 heteroatoms. The van der Waals surface area contributed by atoms with Crippen molar-refractivity contribution in [3.8, 4) is 0 Å². The van der Waals surface area contributed by atoms with Crippen LogP contribution in [0, 0.1) is 10.1 Å². The first-order valence-corrected chi connectivity index (χ1v) is 10.2. The summed E-state index contributed by atoms with van der Waals surface area (Å²) in [5.74, 6) is 0.731. The van der Waals surface area contributed by atoms with E-state index in [0.29, 0.717) is 11.8 Å². The molecule has 0 unspecified atom stereocenters. The zero-order chi connectivity index (χ0) is 21.6. The van der Waals surface area contributed by atoms with Gasteiger partial charge in [-0.2, -0.15) is 4.99 Å². The van der Waals surface area contributed by atoms with Crippen molar-refractivity contribution in [3.63, 3.8) is 0 Å². The number of aromatic nitrogens is 1. The molecule has 2 aromatic carbocycles. The Hall–Kier alpha value is -3.78. The van der Waals surface area contributed by atoms with Gasteiger partial charge in [-0.3, -0.25) is 15.0 Å². The lowest BCUT2D eigenvalue weighted by molar-refractivity contribution is -0.385. The zero-order valence-corrected chi connectivity index (χ0v) is 17.0. The molecule has 1 saturated heterocycles. The molecule has 1 aromatic heterocycles. The first-order chi connectivity index (χ1) is 15.1. The molecule has 158 valence electrons. The van der Waals surface area contributed by atoms with E-state index in [2.05, 4.69) is 63.4 Å². The van der Waals surface area contributed by atoms with Crippen molar-refractivity contribution < 1.29 is 4.92 Å². The zero-order valence-electron chi connectivity index (χ0n) is 17.0. The minimum Gasteiger partial charge on any atom is -0.369 e. The van der Waals surface area contributed by atoms with Crippen molar-refractivity contribution >= 4 is 17.5 Å². The van der Waals surface area contributed by atoms with Crippen LogP contribution in [0.2, 0.25) is 0 Å². The third-order valence-corrected chi connectivity index (χ3v) is 5.41. The predicted octanol–water partition coefficient (Wildman–Crippen LogP) is 3.34. The second-order valence-corrected chi connectivity index (χ2v) is 7.35. The van der Waals surface area contributed by atoms with Crippen LogP contribution in [0.1, 0.15) is 17.2 Å². The first-order valence-electron chi connectivity index (χ1n) is 10.2. The van der Waals surface area contributed by atoms with Crippen molar-refractivity contribution in [2.75, 3.05) is 26.2 Å². The lowest BCUT2D eigenvalue weighted by Crippen LogP contribution is -2.51. The van der Waals surface area contributed by atoms with Crippen molar-refractivity contribution in [2.24, 2.45) is 10.7 Å². The van der Waals surface area contributed by atoms with Crippen LogP contribution in [-0.2, 0) is 0 Å². The Labute approximate surface area is 180 Å². The highest BCUT2D eigenvalue weighted by Gasteiger charge is 2.27. The van der Waals surface area contributed by atoms with Gasteiger partial charge < -0.3 is 10.6 Å². The van der Waals surface area contributed by atoms with Crippen LogP contribution in [-0.4, -0.2) is 51.8 Å². The van der Waals surface area contributed by atoms with E-state index in [-0.39, 0.29) is 11.7 Å². The van der Waals surface area contributed by atoms with Crippen LogP contribution in [0.4, 0.5) is 11.5 Å². The lowest BCUT2D eigenvalue weighted by Gasteiger charge is -2.40. The number of nitro groups is 1. The van der Waals surface area contributed by atoms with Crippen LogP contribution < -0.4 is 5.73 Å². The first kappa shape index (κ1) is 20.5. The molecule has 1 fully saturated rings. The maximum Gasteiger partial charge on any atom is 0.287 e. The number of piperazine rings is 1. The number of hydrogen-bond donors (Lipinski definition) is 1. The largest absolute Gasteiger partial charge is 0.369 e. The van der Waals surface area contributed by atoms with Gasteiger partial charge in [0.15, 0.2) is 11.8 Å². The van der Waals surface area contributed by atoms with Gasteiger partial charge in [-0.15, -0.1) is 0 Å². The van der Waals surface area contributed by atoms with E-state index >= 15 is 0 Å². The summed E-state index contributed by atoms with van der Waals surface area (Å²) in [6.07, 6.45) is 1.19. The number of pyridine rings is 1. The summed E-state index contributed by atoms with van der Waals surface area (Å²) in [7, 11) is 0. The minimum atomic E-state index is -0.487. The third-order valence-electron chi connectivity index (χ3n) is 5.41. The van der Waals surface area contributed by atoms with Crippen molar-refractivity contribution in [2.45, 2.75) is 6.04 Å². The van der Waals surface area contributed by atoms with Crippen molar-refractivity contribution in [1.29, 1.82) is 0 Å². The summed E-state index contributed by atoms with van der Waals surface area (Å²) in [6, 6.07) is 24.1. The quantitative estimate of drug-likeness (QED) is 0.296. The average Bonchev–Trinajstić information content (AvgIpc) is 2.81. The number of guanidine groups is 1. The molecule has 0 saturated carbocycles. The summed E-state index contributed by atoms with van der Waals surface area (Å²) in [6.45, 7) is 3.13. The molecule has 0 amide bonds. The minimum absolute atomic E-state index is 0.0704. The second kappa shape index (κ2) is 9.36. The Bertz CT molecular complexity index is 993. The standard InChI is InChI=1S/C23H24N6O2/c24-23(26-21-12-11-20(17-25-21)29(30)31)28-15-13-27(14-16-28)22(18-7-3-1-4-8-18)19-9-5-2-6-10-19/h1-12,17,22H,13-16H2,(H2,24,25,26). The Morgan fingerprint density at radius 3 is 2.00 bits per heavy atom. The van der Waals surface area contributed by atoms with E-state index in [9.17, 15) is 10.1 Å². The van der Waals surface area contributed by atoms with Crippen LogP contribution in [0.25, 0.3) is 0 Å². The smallest absolute Gasteiger partial charge is 0.287 e. The fourth-order valence-corrected chi connectivity index (χ4v) is 3.83. The van der Waals surface area contributed by atoms with Gasteiger partial charge in [0.1, 0.15) is 6.20 Å². The predicted molar refractivity (Wildman–Crippen MR) is 120 cm³/mol. The van der Waals surface area contributed by atoms with Gasteiger partial charge in [0.2, 0.25) is 0 Å². The van der Waals surface area contributed by atoms with E-state index in [0.717, 1.165) is 26.2 Å². The Kier molecular flexibility index (Phi) is 6.18. The molecule has 31 heavy (non-hydrogen) atoms. The number of nitrogens with zero attached hydrogens (tertiary/aromatic N) is 5. The fourth-order valence-electron chi connectivity index (χ4n) is 3.83. The maximum atomic E-state index is 10.8. The van der Waals surface area contributed by atoms with Gasteiger partial charge in [0, 0.05) is 32.2 Å². The van der Waals surface area contributed by atoms with Crippen LogP contribution in [0.15, 0.2) is 84.0 Å². The van der Waals surface area contributed by atoms with E-state index in [1.54, 1.807) is 0 Å². The Morgan fingerprint density at radius 1 is 0.935 bits per heavy atom. The maximum absolute atomic E-state index is 10.8. The van der Waals surface area contributed by atoms with Gasteiger partial charge in [0.25, 0.3) is 5.69 Å². The SMILES string of the molecule is NC(=Nc1ccc([N+](=O)[O-])cn1)N1CCN(C(c2ccccc2)c2ccccc2)CC1. The molecular weight excluding hydrogens is 392 g/mol. The number of hydrogen-bond acceptors (Lipinski definition) is 5. The summed E-state index contributed by atoms with van der Waals surface area (Å²) in [4.78, 5) is 23.1. The lowest BCUT2D eigenvalue weighted by atomic mass is 9.96. The highest BCUT2D eigenvalue weighted by Crippen LogP contribution is 2.29. The topological polar surface area (TPSA) is 101 Å². The molecular formula is C23H24N6O2. The van der Waals surface area contributed by atoms with Gasteiger partial charge >= 0.3 is 0 Å². The van der Waals surface area contributed by atoms with E-state index < -0.39 is 4.92 Å². The molecule has 2 N–H and O–H groups in total. The molecule has 8 nitrogen and oxygen atoms in total. The van der Waals surface area contributed by atoms with Gasteiger partial charge in [-0.05, 0) is 17.2 Å². The van der Waals surface area contributed by atoms with Crippen LogP contribution >= 0.6 is 0 Å². The Balaban J connectivity index is 1.47. The molecule has 4 rings (SSSR count).